The molecule has 0 radical (unpaired) electrons. The number of carboxylic acids is 1. The number of rotatable bonds is 4. The zero-order valence-corrected chi connectivity index (χ0v) is 12.1. The van der Waals surface area contributed by atoms with Crippen LogP contribution in [0, 0.1) is 0 Å². The molecule has 2 rings (SSSR count). The molecule has 1 atom stereocenters. The molecule has 1 heterocycles. The Morgan fingerprint density at radius 2 is 1.84 bits per heavy atom. The number of benzene rings is 1. The van der Waals surface area contributed by atoms with Crippen LogP contribution in [0.4, 0.5) is 0 Å². The van der Waals surface area contributed by atoms with E-state index in [9.17, 15) is 14.7 Å². The summed E-state index contributed by atoms with van der Waals surface area (Å²) in [5.41, 5.74) is 0.541. The number of amides is 1. The molecule has 0 saturated heterocycles. The van der Waals surface area contributed by atoms with Crippen molar-refractivity contribution in [2.45, 2.75) is 6.04 Å². The van der Waals surface area contributed by atoms with E-state index in [2.05, 4.69) is 21.2 Å². The lowest BCUT2D eigenvalue weighted by molar-refractivity contribution is -0.139. The van der Waals surface area contributed by atoms with Crippen LogP contribution in [0.5, 0.6) is 0 Å². The standard InChI is InChI=1S/C13H10BrNO3S/c14-10-7-6-9(19-10)12(16)15-11(13(17)18)8-4-2-1-3-5-8/h1-7,11H,(H,15,16)(H,17,18). The molecule has 98 valence electrons. The molecule has 0 aliphatic carbocycles. The van der Waals surface area contributed by atoms with E-state index in [4.69, 9.17) is 0 Å². The predicted octanol–water partition coefficient (Wildman–Crippen LogP) is 3.07. The van der Waals surface area contributed by atoms with Crippen molar-refractivity contribution in [2.24, 2.45) is 0 Å². The van der Waals surface area contributed by atoms with E-state index in [0.29, 0.717) is 10.4 Å². The van der Waals surface area contributed by atoms with Crippen LogP contribution in [0.25, 0.3) is 0 Å². The monoisotopic (exact) mass is 339 g/mol. The zero-order chi connectivity index (χ0) is 13.8. The van der Waals surface area contributed by atoms with E-state index >= 15 is 0 Å². The molecule has 0 bridgehead atoms. The van der Waals surface area contributed by atoms with E-state index in [0.717, 1.165) is 3.79 Å². The van der Waals surface area contributed by atoms with Gasteiger partial charge in [-0.1, -0.05) is 30.3 Å². The minimum Gasteiger partial charge on any atom is -0.479 e. The number of carbonyl (C=O) groups is 2. The summed E-state index contributed by atoms with van der Waals surface area (Å²) in [6.07, 6.45) is 0. The molecule has 2 aromatic rings. The Morgan fingerprint density at radius 1 is 1.16 bits per heavy atom. The highest BCUT2D eigenvalue weighted by Crippen LogP contribution is 2.23. The first-order valence-corrected chi connectivity index (χ1v) is 7.03. The maximum atomic E-state index is 12.0. The Labute approximate surface area is 122 Å². The minimum atomic E-state index is -1.09. The number of nitrogens with one attached hydrogen (secondary N) is 1. The van der Waals surface area contributed by atoms with Crippen molar-refractivity contribution >= 4 is 39.1 Å². The number of hydrogen-bond donors (Lipinski definition) is 2. The van der Waals surface area contributed by atoms with Crippen LogP contribution in [-0.2, 0) is 4.79 Å². The molecule has 6 heteroatoms. The van der Waals surface area contributed by atoms with E-state index in [-0.39, 0.29) is 0 Å². The van der Waals surface area contributed by atoms with Crippen molar-refractivity contribution in [2.75, 3.05) is 0 Å². The van der Waals surface area contributed by atoms with Crippen LogP contribution in [-0.4, -0.2) is 17.0 Å². The molecule has 1 amide bonds. The first kappa shape index (κ1) is 13.8. The van der Waals surface area contributed by atoms with Gasteiger partial charge in [0, 0.05) is 0 Å². The lowest BCUT2D eigenvalue weighted by Gasteiger charge is -2.14. The van der Waals surface area contributed by atoms with Gasteiger partial charge < -0.3 is 10.4 Å². The number of carbonyl (C=O) groups excluding carboxylic acids is 1. The summed E-state index contributed by atoms with van der Waals surface area (Å²) in [6.45, 7) is 0. The molecule has 1 aromatic carbocycles. The van der Waals surface area contributed by atoms with Crippen LogP contribution < -0.4 is 5.32 Å². The fourth-order valence-electron chi connectivity index (χ4n) is 1.57. The third-order valence-electron chi connectivity index (χ3n) is 2.45. The Hall–Kier alpha value is -1.66. The summed E-state index contributed by atoms with van der Waals surface area (Å²) in [7, 11) is 0. The number of carboxylic acid groups (broad SMARTS) is 1. The number of aliphatic carboxylic acids is 1. The third kappa shape index (κ3) is 3.42. The smallest absolute Gasteiger partial charge is 0.330 e. The highest BCUT2D eigenvalue weighted by Gasteiger charge is 2.22. The fourth-order valence-corrected chi connectivity index (χ4v) is 2.86. The molecule has 2 N–H and O–H groups in total. The maximum absolute atomic E-state index is 12.0. The lowest BCUT2D eigenvalue weighted by atomic mass is 10.1. The lowest BCUT2D eigenvalue weighted by Crippen LogP contribution is -2.33. The average molecular weight is 340 g/mol. The Morgan fingerprint density at radius 3 is 2.37 bits per heavy atom. The molecule has 19 heavy (non-hydrogen) atoms. The highest BCUT2D eigenvalue weighted by atomic mass is 79.9. The van der Waals surface area contributed by atoms with Gasteiger partial charge in [-0.15, -0.1) is 11.3 Å². The Kier molecular flexibility index (Phi) is 4.34. The van der Waals surface area contributed by atoms with E-state index in [1.54, 1.807) is 42.5 Å². The van der Waals surface area contributed by atoms with Crippen molar-refractivity contribution in [3.05, 3.63) is 56.7 Å². The predicted molar refractivity (Wildman–Crippen MR) is 76.3 cm³/mol. The van der Waals surface area contributed by atoms with Crippen LogP contribution in [0.2, 0.25) is 0 Å². The SMILES string of the molecule is O=C(NC(C(=O)O)c1ccccc1)c1ccc(Br)s1. The molecule has 0 aliphatic rings. The van der Waals surface area contributed by atoms with Crippen molar-refractivity contribution < 1.29 is 14.7 Å². The van der Waals surface area contributed by atoms with Gasteiger partial charge in [-0.25, -0.2) is 4.79 Å². The van der Waals surface area contributed by atoms with Gasteiger partial charge in [0.25, 0.3) is 5.91 Å². The second kappa shape index (κ2) is 5.99. The second-order valence-electron chi connectivity index (χ2n) is 3.76. The van der Waals surface area contributed by atoms with E-state index in [1.807, 2.05) is 0 Å². The van der Waals surface area contributed by atoms with Gasteiger partial charge in [-0.3, -0.25) is 4.79 Å². The molecule has 1 aromatic heterocycles. The van der Waals surface area contributed by atoms with Crippen LogP contribution in [0.3, 0.4) is 0 Å². The number of halogens is 1. The first-order chi connectivity index (χ1) is 9.08. The summed E-state index contributed by atoms with van der Waals surface area (Å²) in [4.78, 5) is 23.7. The summed E-state index contributed by atoms with van der Waals surface area (Å²) >= 11 is 4.52. The largest absolute Gasteiger partial charge is 0.479 e. The molecule has 1 unspecified atom stereocenters. The normalized spacial score (nSPS) is 11.8. The van der Waals surface area contributed by atoms with Crippen molar-refractivity contribution in [1.82, 2.24) is 5.32 Å². The average Bonchev–Trinajstić information content (AvgIpc) is 2.83. The molecule has 4 nitrogen and oxygen atoms in total. The van der Waals surface area contributed by atoms with Crippen LogP contribution >= 0.6 is 27.3 Å². The molecule has 0 spiro atoms. The molecule has 0 aliphatic heterocycles. The van der Waals surface area contributed by atoms with Gasteiger partial charge in [0.05, 0.1) is 8.66 Å². The van der Waals surface area contributed by atoms with Gasteiger partial charge in [-0.2, -0.15) is 0 Å². The van der Waals surface area contributed by atoms with Crippen molar-refractivity contribution in [1.29, 1.82) is 0 Å². The highest BCUT2D eigenvalue weighted by molar-refractivity contribution is 9.11. The third-order valence-corrected chi connectivity index (χ3v) is 4.07. The molecular formula is C13H10BrNO3S. The quantitative estimate of drug-likeness (QED) is 0.899. The number of thiophene rings is 1. The zero-order valence-electron chi connectivity index (χ0n) is 9.67. The fraction of sp³-hybridized carbons (Fsp3) is 0.0769. The first-order valence-electron chi connectivity index (χ1n) is 5.42. The van der Waals surface area contributed by atoms with Crippen LogP contribution in [0.1, 0.15) is 21.3 Å². The van der Waals surface area contributed by atoms with Crippen LogP contribution in [0.15, 0.2) is 46.3 Å². The number of hydrogen-bond acceptors (Lipinski definition) is 3. The van der Waals surface area contributed by atoms with Gasteiger partial charge in [0.15, 0.2) is 6.04 Å². The van der Waals surface area contributed by atoms with Gasteiger partial charge in [0.1, 0.15) is 0 Å². The second-order valence-corrected chi connectivity index (χ2v) is 6.22. The summed E-state index contributed by atoms with van der Waals surface area (Å²) in [5, 5.41) is 11.7. The Balaban J connectivity index is 2.18. The summed E-state index contributed by atoms with van der Waals surface area (Å²) < 4.78 is 0.823. The van der Waals surface area contributed by atoms with Gasteiger partial charge in [-0.05, 0) is 33.6 Å². The summed E-state index contributed by atoms with van der Waals surface area (Å²) in [5.74, 6) is -1.48. The molecule has 0 saturated carbocycles. The Bertz CT molecular complexity index is 597. The van der Waals surface area contributed by atoms with Gasteiger partial charge in [0.2, 0.25) is 0 Å². The van der Waals surface area contributed by atoms with Crippen molar-refractivity contribution in [3.8, 4) is 0 Å². The van der Waals surface area contributed by atoms with E-state index < -0.39 is 17.9 Å². The molecular weight excluding hydrogens is 330 g/mol. The van der Waals surface area contributed by atoms with E-state index in [1.165, 1.54) is 11.3 Å². The molecule has 0 fully saturated rings. The van der Waals surface area contributed by atoms with Crippen molar-refractivity contribution in [3.63, 3.8) is 0 Å². The topological polar surface area (TPSA) is 66.4 Å². The summed E-state index contributed by atoms with van der Waals surface area (Å²) in [6, 6.07) is 11.0. The van der Waals surface area contributed by atoms with Gasteiger partial charge >= 0.3 is 5.97 Å². The maximum Gasteiger partial charge on any atom is 0.330 e. The minimum absolute atomic E-state index is 0.396.